The normalized spacial score (nSPS) is 23.6. The topological polar surface area (TPSA) is 29.5 Å². The molecule has 1 fully saturated rings. The monoisotopic (exact) mass is 199 g/mol. The van der Waals surface area contributed by atoms with E-state index >= 15 is 0 Å². The first kappa shape index (κ1) is 11.7. The summed E-state index contributed by atoms with van der Waals surface area (Å²) in [6.45, 7) is 5.66. The minimum atomic E-state index is 0.147. The van der Waals surface area contributed by atoms with Gasteiger partial charge in [0.25, 0.3) is 0 Å². The molecule has 0 N–H and O–H groups in total. The van der Waals surface area contributed by atoms with Crippen molar-refractivity contribution in [3.63, 3.8) is 0 Å². The summed E-state index contributed by atoms with van der Waals surface area (Å²) in [6, 6.07) is 0.147. The molecule has 0 radical (unpaired) electrons. The molecule has 14 heavy (non-hydrogen) atoms. The summed E-state index contributed by atoms with van der Waals surface area (Å²) in [5.74, 6) is 0. The molecule has 1 rings (SSSR count). The summed E-state index contributed by atoms with van der Waals surface area (Å²) in [5, 5.41) is 0. The fourth-order valence-corrected chi connectivity index (χ4v) is 1.88. The number of piperidine rings is 1. The van der Waals surface area contributed by atoms with Crippen LogP contribution in [0.4, 0.5) is 0 Å². The number of hydrogen-bond acceptors (Lipinski definition) is 3. The van der Waals surface area contributed by atoms with E-state index in [1.54, 1.807) is 0 Å². The Morgan fingerprint density at radius 2 is 2.29 bits per heavy atom. The van der Waals surface area contributed by atoms with E-state index in [1.807, 2.05) is 0 Å². The molecule has 0 spiro atoms. The highest BCUT2D eigenvalue weighted by molar-refractivity contribution is 5.57. The van der Waals surface area contributed by atoms with Gasteiger partial charge in [-0.15, -0.1) is 0 Å². The molecule has 1 aliphatic rings. The Bertz CT molecular complexity index is 161. The number of nitrogens with zero attached hydrogens (tertiary/aromatic N) is 1. The Morgan fingerprint density at radius 3 is 3.00 bits per heavy atom. The molecule has 82 valence electrons. The third-order valence-electron chi connectivity index (χ3n) is 2.69. The van der Waals surface area contributed by atoms with Gasteiger partial charge in [0.05, 0.1) is 12.6 Å². The third kappa shape index (κ3) is 3.76. The van der Waals surface area contributed by atoms with Gasteiger partial charge in [0.15, 0.2) is 0 Å². The highest BCUT2D eigenvalue weighted by Gasteiger charge is 2.20. The second-order valence-electron chi connectivity index (χ2n) is 3.85. The standard InChI is InChI=1S/C11H21NO2/c1-2-8-14-9-7-12-6-4-3-5-11(12)10-13/h10-11H,2-9H2,1H3. The highest BCUT2D eigenvalue weighted by atomic mass is 16.5. The summed E-state index contributed by atoms with van der Waals surface area (Å²) in [6.07, 6.45) is 5.58. The number of aldehydes is 1. The van der Waals surface area contributed by atoms with Crippen LogP contribution in [-0.2, 0) is 9.53 Å². The maximum Gasteiger partial charge on any atom is 0.137 e. The predicted octanol–water partition coefficient (Wildman–Crippen LogP) is 1.47. The van der Waals surface area contributed by atoms with Crippen LogP contribution >= 0.6 is 0 Å². The largest absolute Gasteiger partial charge is 0.380 e. The van der Waals surface area contributed by atoms with E-state index < -0.39 is 0 Å². The van der Waals surface area contributed by atoms with Crippen molar-refractivity contribution in [2.45, 2.75) is 38.6 Å². The van der Waals surface area contributed by atoms with Crippen LogP contribution in [0.2, 0.25) is 0 Å². The summed E-state index contributed by atoms with van der Waals surface area (Å²) in [4.78, 5) is 13.0. The molecule has 0 bridgehead atoms. The lowest BCUT2D eigenvalue weighted by molar-refractivity contribution is -0.113. The smallest absolute Gasteiger partial charge is 0.137 e. The molecule has 1 aliphatic heterocycles. The quantitative estimate of drug-likeness (QED) is 0.479. The van der Waals surface area contributed by atoms with Crippen molar-refractivity contribution in [3.05, 3.63) is 0 Å². The maximum absolute atomic E-state index is 10.8. The Labute approximate surface area is 86.4 Å². The van der Waals surface area contributed by atoms with Crippen molar-refractivity contribution in [2.24, 2.45) is 0 Å². The lowest BCUT2D eigenvalue weighted by atomic mass is 10.0. The minimum Gasteiger partial charge on any atom is -0.380 e. The highest BCUT2D eigenvalue weighted by Crippen LogP contribution is 2.14. The van der Waals surface area contributed by atoms with Crippen molar-refractivity contribution < 1.29 is 9.53 Å². The first-order chi connectivity index (χ1) is 6.88. The zero-order valence-corrected chi connectivity index (χ0v) is 9.08. The Balaban J connectivity index is 2.16. The minimum absolute atomic E-state index is 0.147. The molecule has 1 heterocycles. The number of rotatable bonds is 6. The summed E-state index contributed by atoms with van der Waals surface area (Å²) in [7, 11) is 0. The molecular weight excluding hydrogens is 178 g/mol. The molecule has 0 amide bonds. The maximum atomic E-state index is 10.8. The van der Waals surface area contributed by atoms with Crippen molar-refractivity contribution in [2.75, 3.05) is 26.3 Å². The number of ether oxygens (including phenoxy) is 1. The van der Waals surface area contributed by atoms with Crippen LogP contribution in [-0.4, -0.2) is 43.5 Å². The van der Waals surface area contributed by atoms with Gasteiger partial charge in [0.1, 0.15) is 6.29 Å². The molecule has 0 aromatic rings. The van der Waals surface area contributed by atoms with Gasteiger partial charge in [-0.2, -0.15) is 0 Å². The van der Waals surface area contributed by atoms with Crippen LogP contribution in [0.5, 0.6) is 0 Å². The Hall–Kier alpha value is -0.410. The van der Waals surface area contributed by atoms with E-state index in [1.165, 1.54) is 12.8 Å². The molecule has 0 saturated carbocycles. The van der Waals surface area contributed by atoms with Gasteiger partial charge in [0.2, 0.25) is 0 Å². The van der Waals surface area contributed by atoms with E-state index in [-0.39, 0.29) is 6.04 Å². The first-order valence-electron chi connectivity index (χ1n) is 5.65. The molecule has 0 aromatic heterocycles. The number of likely N-dealkylation sites (tertiary alicyclic amines) is 1. The van der Waals surface area contributed by atoms with E-state index in [0.717, 1.165) is 45.4 Å². The van der Waals surface area contributed by atoms with Crippen LogP contribution in [0, 0.1) is 0 Å². The Morgan fingerprint density at radius 1 is 1.43 bits per heavy atom. The molecule has 1 saturated heterocycles. The van der Waals surface area contributed by atoms with Gasteiger partial charge in [0, 0.05) is 13.2 Å². The average Bonchev–Trinajstić information content (AvgIpc) is 2.25. The van der Waals surface area contributed by atoms with Crippen molar-refractivity contribution in [3.8, 4) is 0 Å². The molecule has 0 aliphatic carbocycles. The molecular formula is C11H21NO2. The van der Waals surface area contributed by atoms with Crippen LogP contribution in [0.3, 0.4) is 0 Å². The van der Waals surface area contributed by atoms with Crippen LogP contribution in [0.1, 0.15) is 32.6 Å². The summed E-state index contributed by atoms with van der Waals surface area (Å²) >= 11 is 0. The number of hydrogen-bond donors (Lipinski definition) is 0. The van der Waals surface area contributed by atoms with Gasteiger partial charge >= 0.3 is 0 Å². The molecule has 3 heteroatoms. The van der Waals surface area contributed by atoms with E-state index in [9.17, 15) is 4.79 Å². The summed E-state index contributed by atoms with van der Waals surface area (Å²) in [5.41, 5.74) is 0. The SMILES string of the molecule is CCCOCCN1CCCCC1C=O. The zero-order chi connectivity index (χ0) is 10.2. The van der Waals surface area contributed by atoms with Crippen molar-refractivity contribution >= 4 is 6.29 Å². The van der Waals surface area contributed by atoms with E-state index in [4.69, 9.17) is 4.74 Å². The third-order valence-corrected chi connectivity index (χ3v) is 2.69. The van der Waals surface area contributed by atoms with Crippen molar-refractivity contribution in [1.29, 1.82) is 0 Å². The lowest BCUT2D eigenvalue weighted by Gasteiger charge is -2.31. The van der Waals surface area contributed by atoms with Gasteiger partial charge < -0.3 is 9.53 Å². The summed E-state index contributed by atoms with van der Waals surface area (Å²) < 4.78 is 5.42. The van der Waals surface area contributed by atoms with Gasteiger partial charge in [-0.05, 0) is 25.8 Å². The molecule has 1 unspecified atom stereocenters. The number of carbonyl (C=O) groups is 1. The van der Waals surface area contributed by atoms with Crippen LogP contribution in [0.25, 0.3) is 0 Å². The van der Waals surface area contributed by atoms with Crippen LogP contribution in [0.15, 0.2) is 0 Å². The van der Waals surface area contributed by atoms with Crippen molar-refractivity contribution in [1.82, 2.24) is 4.90 Å². The average molecular weight is 199 g/mol. The van der Waals surface area contributed by atoms with E-state index in [0.29, 0.717) is 0 Å². The van der Waals surface area contributed by atoms with E-state index in [2.05, 4.69) is 11.8 Å². The first-order valence-corrected chi connectivity index (χ1v) is 5.65. The number of carbonyl (C=O) groups excluding carboxylic acids is 1. The fraction of sp³-hybridized carbons (Fsp3) is 0.909. The van der Waals surface area contributed by atoms with Gasteiger partial charge in [-0.1, -0.05) is 13.3 Å². The Kier molecular flexibility index (Phi) is 5.80. The predicted molar refractivity (Wildman–Crippen MR) is 56.4 cm³/mol. The fourth-order valence-electron chi connectivity index (χ4n) is 1.88. The second kappa shape index (κ2) is 6.96. The molecule has 3 nitrogen and oxygen atoms in total. The zero-order valence-electron chi connectivity index (χ0n) is 9.08. The molecule has 1 atom stereocenters. The lowest BCUT2D eigenvalue weighted by Crippen LogP contribution is -2.42. The van der Waals surface area contributed by atoms with Gasteiger partial charge in [-0.25, -0.2) is 0 Å². The van der Waals surface area contributed by atoms with Crippen LogP contribution < -0.4 is 0 Å². The molecule has 0 aromatic carbocycles. The second-order valence-corrected chi connectivity index (χ2v) is 3.85. The van der Waals surface area contributed by atoms with Gasteiger partial charge in [-0.3, -0.25) is 4.90 Å².